The maximum absolute atomic E-state index is 12.3. The molecule has 3 rings (SSSR count). The normalized spacial score (nSPS) is 12.0. The number of ether oxygens (including phenoxy) is 1. The van der Waals surface area contributed by atoms with Crippen molar-refractivity contribution >= 4 is 33.9 Å². The Morgan fingerprint density at radius 2 is 2.04 bits per heavy atom. The van der Waals surface area contributed by atoms with Gasteiger partial charge in [0.05, 0.1) is 10.9 Å². The summed E-state index contributed by atoms with van der Waals surface area (Å²) >= 11 is 0. The molecule has 0 fully saturated rings. The van der Waals surface area contributed by atoms with Crippen LogP contribution in [0.5, 0.6) is 0 Å². The van der Waals surface area contributed by atoms with Gasteiger partial charge in [-0.3, -0.25) is 9.78 Å². The number of rotatable bonds is 2. The highest BCUT2D eigenvalue weighted by atomic mass is 16.6. The van der Waals surface area contributed by atoms with Crippen LogP contribution in [0.2, 0.25) is 0 Å². The third kappa shape index (κ3) is 2.69. The molecular formula is C16H19N5O2. The zero-order valence-electron chi connectivity index (χ0n) is 13.6. The van der Waals surface area contributed by atoms with Gasteiger partial charge >= 0.3 is 5.97 Å². The van der Waals surface area contributed by atoms with Gasteiger partial charge in [-0.1, -0.05) is 0 Å². The number of esters is 1. The minimum Gasteiger partial charge on any atom is -0.459 e. The summed E-state index contributed by atoms with van der Waals surface area (Å²) < 4.78 is 7.21. The average Bonchev–Trinajstić information content (AvgIpc) is 2.74. The highest BCUT2D eigenvalue weighted by Crippen LogP contribution is 2.30. The number of aryl methyl sites for hydroxylation is 1. The molecule has 7 nitrogen and oxygen atoms in total. The van der Waals surface area contributed by atoms with Crippen LogP contribution in [0, 0.1) is 6.92 Å². The van der Waals surface area contributed by atoms with Crippen molar-refractivity contribution in [3.05, 3.63) is 24.2 Å². The van der Waals surface area contributed by atoms with Crippen LogP contribution < -0.4 is 5.73 Å². The summed E-state index contributed by atoms with van der Waals surface area (Å²) in [7, 11) is 0. The lowest BCUT2D eigenvalue weighted by atomic mass is 10.2. The van der Waals surface area contributed by atoms with Crippen molar-refractivity contribution in [2.45, 2.75) is 39.8 Å². The van der Waals surface area contributed by atoms with Gasteiger partial charge in [-0.2, -0.15) is 0 Å². The van der Waals surface area contributed by atoms with E-state index in [2.05, 4.69) is 15.0 Å². The number of aromatic nitrogens is 4. The average molecular weight is 313 g/mol. The molecule has 0 unspecified atom stereocenters. The standard InChI is InChI=1S/C16H19N5O2/c1-9-5-6-18-12-11-14(17)19-8-20-15(11)21(13(9)12)7-10(22)23-16(2,3)4/h5-6,8H,7H2,1-4H3,(H2,17,19,20). The van der Waals surface area contributed by atoms with Gasteiger partial charge in [0.1, 0.15) is 35.5 Å². The van der Waals surface area contributed by atoms with Crippen LogP contribution >= 0.6 is 0 Å². The highest BCUT2D eigenvalue weighted by molar-refractivity contribution is 6.10. The van der Waals surface area contributed by atoms with Crippen molar-refractivity contribution in [2.75, 3.05) is 5.73 Å². The number of pyridine rings is 1. The lowest BCUT2D eigenvalue weighted by Gasteiger charge is -2.20. The largest absolute Gasteiger partial charge is 0.459 e. The third-order valence-corrected chi connectivity index (χ3v) is 3.45. The smallest absolute Gasteiger partial charge is 0.326 e. The Hall–Kier alpha value is -2.70. The molecular weight excluding hydrogens is 294 g/mol. The van der Waals surface area contributed by atoms with Crippen molar-refractivity contribution in [3.8, 4) is 0 Å². The number of nitrogen functional groups attached to an aromatic ring is 1. The first kappa shape index (κ1) is 15.2. The molecule has 0 aliphatic heterocycles. The number of carbonyl (C=O) groups is 1. The van der Waals surface area contributed by atoms with Crippen LogP contribution in [0.15, 0.2) is 18.6 Å². The number of nitrogens with zero attached hydrogens (tertiary/aromatic N) is 4. The first-order chi connectivity index (χ1) is 10.8. The predicted molar refractivity (Wildman–Crippen MR) is 87.8 cm³/mol. The molecule has 0 saturated carbocycles. The van der Waals surface area contributed by atoms with Crippen LogP contribution in [-0.4, -0.2) is 31.1 Å². The van der Waals surface area contributed by atoms with E-state index < -0.39 is 5.60 Å². The molecule has 0 aliphatic carbocycles. The fourth-order valence-electron chi connectivity index (χ4n) is 2.66. The number of carbonyl (C=O) groups excluding carboxylic acids is 1. The second-order valence-electron chi connectivity index (χ2n) is 6.46. The fourth-order valence-corrected chi connectivity index (χ4v) is 2.66. The molecule has 120 valence electrons. The summed E-state index contributed by atoms with van der Waals surface area (Å²) in [4.78, 5) is 25.0. The molecule has 2 N–H and O–H groups in total. The molecule has 0 radical (unpaired) electrons. The molecule has 0 atom stereocenters. The SMILES string of the molecule is Cc1ccnc2c3c(N)ncnc3n(CC(=O)OC(C)(C)C)c12. The van der Waals surface area contributed by atoms with Crippen molar-refractivity contribution in [1.82, 2.24) is 19.5 Å². The molecule has 7 heteroatoms. The minimum atomic E-state index is -0.544. The maximum Gasteiger partial charge on any atom is 0.326 e. The van der Waals surface area contributed by atoms with Gasteiger partial charge in [0.2, 0.25) is 0 Å². The van der Waals surface area contributed by atoms with Crippen molar-refractivity contribution in [1.29, 1.82) is 0 Å². The van der Waals surface area contributed by atoms with E-state index in [9.17, 15) is 4.79 Å². The topological polar surface area (TPSA) is 95.9 Å². The van der Waals surface area contributed by atoms with E-state index in [1.54, 1.807) is 10.8 Å². The molecule has 0 saturated heterocycles. The number of hydrogen-bond acceptors (Lipinski definition) is 6. The van der Waals surface area contributed by atoms with Crippen molar-refractivity contribution < 1.29 is 9.53 Å². The van der Waals surface area contributed by atoms with E-state index in [0.717, 1.165) is 11.1 Å². The summed E-state index contributed by atoms with van der Waals surface area (Å²) in [5, 5.41) is 0.662. The van der Waals surface area contributed by atoms with Crippen LogP contribution in [0.1, 0.15) is 26.3 Å². The fraction of sp³-hybridized carbons (Fsp3) is 0.375. The summed E-state index contributed by atoms with van der Waals surface area (Å²) in [5.74, 6) is 0.0118. The zero-order chi connectivity index (χ0) is 16.8. The highest BCUT2D eigenvalue weighted by Gasteiger charge is 2.22. The van der Waals surface area contributed by atoms with Gasteiger partial charge in [0.25, 0.3) is 0 Å². The molecule has 0 aliphatic rings. The van der Waals surface area contributed by atoms with E-state index >= 15 is 0 Å². The Morgan fingerprint density at radius 1 is 1.30 bits per heavy atom. The summed E-state index contributed by atoms with van der Waals surface area (Å²) in [6, 6.07) is 1.89. The van der Waals surface area contributed by atoms with Gasteiger partial charge in [-0.25, -0.2) is 9.97 Å². The van der Waals surface area contributed by atoms with Gasteiger partial charge in [0.15, 0.2) is 0 Å². The number of hydrogen-bond donors (Lipinski definition) is 1. The van der Waals surface area contributed by atoms with Crippen LogP contribution in [0.4, 0.5) is 5.82 Å². The van der Waals surface area contributed by atoms with Crippen LogP contribution in [0.25, 0.3) is 22.1 Å². The Bertz CT molecular complexity index is 908. The van der Waals surface area contributed by atoms with Crippen LogP contribution in [0.3, 0.4) is 0 Å². The number of anilines is 1. The molecule has 3 aromatic rings. The Labute approximate surface area is 133 Å². The van der Waals surface area contributed by atoms with E-state index in [0.29, 0.717) is 22.4 Å². The monoisotopic (exact) mass is 313 g/mol. The van der Waals surface area contributed by atoms with Gasteiger partial charge in [0, 0.05) is 6.20 Å². The number of fused-ring (bicyclic) bond motifs is 3. The van der Waals surface area contributed by atoms with Crippen molar-refractivity contribution in [3.63, 3.8) is 0 Å². The van der Waals surface area contributed by atoms with Crippen LogP contribution in [-0.2, 0) is 16.1 Å². The van der Waals surface area contributed by atoms with E-state index in [1.807, 2.05) is 33.8 Å². The minimum absolute atomic E-state index is 0.0419. The Morgan fingerprint density at radius 3 is 2.74 bits per heavy atom. The van der Waals surface area contributed by atoms with Gasteiger partial charge in [-0.15, -0.1) is 0 Å². The first-order valence-corrected chi connectivity index (χ1v) is 7.34. The molecule has 3 heterocycles. The molecule has 0 amide bonds. The van der Waals surface area contributed by atoms with Gasteiger partial charge < -0.3 is 15.0 Å². The quantitative estimate of drug-likeness (QED) is 0.729. The molecule has 0 bridgehead atoms. The summed E-state index contributed by atoms with van der Waals surface area (Å²) in [6.07, 6.45) is 3.10. The second-order valence-corrected chi connectivity index (χ2v) is 6.46. The third-order valence-electron chi connectivity index (χ3n) is 3.45. The molecule has 23 heavy (non-hydrogen) atoms. The lowest BCUT2D eigenvalue weighted by molar-refractivity contribution is -0.155. The zero-order valence-corrected chi connectivity index (χ0v) is 13.6. The second kappa shape index (κ2) is 5.19. The van der Waals surface area contributed by atoms with Gasteiger partial charge in [-0.05, 0) is 39.3 Å². The molecule has 0 aromatic carbocycles. The van der Waals surface area contributed by atoms with Crippen molar-refractivity contribution in [2.24, 2.45) is 0 Å². The number of nitrogens with two attached hydrogens (primary N) is 1. The van der Waals surface area contributed by atoms with E-state index in [1.165, 1.54) is 6.33 Å². The summed E-state index contributed by atoms with van der Waals surface area (Å²) in [6.45, 7) is 7.51. The maximum atomic E-state index is 12.3. The predicted octanol–water partition coefficient (Wildman–Crippen LogP) is 2.21. The molecule has 3 aromatic heterocycles. The Balaban J connectivity index is 2.22. The van der Waals surface area contributed by atoms with E-state index in [4.69, 9.17) is 10.5 Å². The molecule has 0 spiro atoms. The summed E-state index contributed by atoms with van der Waals surface area (Å²) in [5.41, 5.74) is 8.53. The first-order valence-electron chi connectivity index (χ1n) is 7.34. The van der Waals surface area contributed by atoms with E-state index in [-0.39, 0.29) is 12.5 Å². The Kier molecular flexibility index (Phi) is 3.43. The lowest BCUT2D eigenvalue weighted by Crippen LogP contribution is -2.26.